The third-order valence-corrected chi connectivity index (χ3v) is 5.87. The maximum absolute atomic E-state index is 13.2. The van der Waals surface area contributed by atoms with Gasteiger partial charge in [0.15, 0.2) is 0 Å². The summed E-state index contributed by atoms with van der Waals surface area (Å²) in [6.07, 6.45) is 0. The fourth-order valence-corrected chi connectivity index (χ4v) is 4.36. The molecule has 172 valence electrons. The number of nitriles is 1. The van der Waals surface area contributed by atoms with Gasteiger partial charge in [-0.1, -0.05) is 12.1 Å². The van der Waals surface area contributed by atoms with E-state index < -0.39 is 34.8 Å². The molecule has 0 saturated heterocycles. The zero-order chi connectivity index (χ0) is 24.5. The summed E-state index contributed by atoms with van der Waals surface area (Å²) in [6, 6.07) is 13.8. The van der Waals surface area contributed by atoms with E-state index in [1.54, 1.807) is 54.6 Å². The number of hydrazine groups is 1. The van der Waals surface area contributed by atoms with E-state index >= 15 is 0 Å². The van der Waals surface area contributed by atoms with Crippen molar-refractivity contribution in [2.45, 2.75) is 11.5 Å². The summed E-state index contributed by atoms with van der Waals surface area (Å²) in [5.74, 6) is 4.13. The van der Waals surface area contributed by atoms with E-state index in [1.165, 1.54) is 14.2 Å². The number of hydrogen-bond donors (Lipinski definition) is 4. The fourth-order valence-electron chi connectivity index (χ4n) is 4.36. The summed E-state index contributed by atoms with van der Waals surface area (Å²) in [6.45, 7) is 0. The van der Waals surface area contributed by atoms with Crippen molar-refractivity contribution >= 4 is 23.4 Å². The lowest BCUT2D eigenvalue weighted by molar-refractivity contribution is -0.130. The van der Waals surface area contributed by atoms with Crippen LogP contribution in [0.25, 0.3) is 0 Å². The molecule has 2 aromatic carbocycles. The van der Waals surface area contributed by atoms with Gasteiger partial charge in [0.2, 0.25) is 0 Å². The molecule has 0 radical (unpaired) electrons. The number of nitrogens with two attached hydrogens (primary N) is 1. The summed E-state index contributed by atoms with van der Waals surface area (Å²) in [7, 11) is 3.01. The number of benzene rings is 2. The largest absolute Gasteiger partial charge is 0.497 e. The highest BCUT2D eigenvalue weighted by atomic mass is 16.5. The Labute approximate surface area is 194 Å². The summed E-state index contributed by atoms with van der Waals surface area (Å²) in [4.78, 5) is 39.0. The van der Waals surface area contributed by atoms with Crippen molar-refractivity contribution in [2.24, 2.45) is 10.9 Å². The van der Waals surface area contributed by atoms with Crippen LogP contribution < -0.4 is 31.5 Å². The van der Waals surface area contributed by atoms with Crippen LogP contribution in [0.2, 0.25) is 0 Å². The molecule has 0 unspecified atom stereocenters. The first-order valence-electron chi connectivity index (χ1n) is 10.1. The zero-order valence-electron chi connectivity index (χ0n) is 18.2. The highest BCUT2D eigenvalue weighted by Gasteiger charge is 2.60. The molecule has 0 bridgehead atoms. The van der Waals surface area contributed by atoms with E-state index in [0.29, 0.717) is 22.6 Å². The molecule has 2 atom stereocenters. The van der Waals surface area contributed by atoms with Crippen LogP contribution in [-0.4, -0.2) is 43.7 Å². The van der Waals surface area contributed by atoms with Crippen LogP contribution in [-0.2, 0) is 19.8 Å². The van der Waals surface area contributed by atoms with E-state index in [0.717, 1.165) is 0 Å². The van der Waals surface area contributed by atoms with Crippen molar-refractivity contribution in [3.63, 3.8) is 0 Å². The molecule has 2 aromatic rings. The van der Waals surface area contributed by atoms with Gasteiger partial charge in [-0.15, -0.1) is 0 Å². The van der Waals surface area contributed by atoms with Crippen LogP contribution >= 0.6 is 0 Å². The zero-order valence-corrected chi connectivity index (χ0v) is 18.2. The summed E-state index contributed by atoms with van der Waals surface area (Å²) < 4.78 is 10.5. The molecule has 3 amide bonds. The maximum atomic E-state index is 13.2. The predicted octanol–water partition coefficient (Wildman–Crippen LogP) is -0.216. The first kappa shape index (κ1) is 22.5. The second-order valence-electron chi connectivity index (χ2n) is 7.44. The molecule has 2 aliphatic heterocycles. The van der Waals surface area contributed by atoms with Crippen LogP contribution in [0, 0.1) is 11.3 Å². The molecular formula is C23H20N6O5. The quantitative estimate of drug-likeness (QED) is 0.272. The number of carbonyl (C=O) groups excluding carboxylic acids is 3. The number of carbonyl (C=O) groups is 3. The molecule has 2 aliphatic rings. The van der Waals surface area contributed by atoms with Gasteiger partial charge < -0.3 is 14.8 Å². The normalized spacial score (nSPS) is 21.4. The molecule has 4 rings (SSSR count). The number of rotatable bonds is 5. The van der Waals surface area contributed by atoms with Gasteiger partial charge in [-0.3, -0.25) is 19.8 Å². The Morgan fingerprint density at radius 2 is 1.68 bits per heavy atom. The summed E-state index contributed by atoms with van der Waals surface area (Å²) in [5, 5.41) is 16.7. The Bertz CT molecular complexity index is 1280. The Morgan fingerprint density at radius 1 is 1.09 bits per heavy atom. The van der Waals surface area contributed by atoms with Crippen LogP contribution in [0.3, 0.4) is 0 Å². The number of amides is 3. The third-order valence-electron chi connectivity index (χ3n) is 5.87. The minimum Gasteiger partial charge on any atom is -0.497 e. The number of hydrogen-bond acceptors (Lipinski definition) is 8. The first-order valence-corrected chi connectivity index (χ1v) is 10.1. The third kappa shape index (κ3) is 3.25. The van der Waals surface area contributed by atoms with Crippen LogP contribution in [0.15, 0.2) is 64.8 Å². The summed E-state index contributed by atoms with van der Waals surface area (Å²) in [5.41, 5.74) is 3.11. The van der Waals surface area contributed by atoms with Crippen molar-refractivity contribution in [2.75, 3.05) is 14.2 Å². The fraction of sp³-hybridized carbons (Fsp3) is 0.174. The van der Waals surface area contributed by atoms with Crippen LogP contribution in [0.4, 0.5) is 0 Å². The van der Waals surface area contributed by atoms with Crippen LogP contribution in [0.5, 0.6) is 11.5 Å². The Kier molecular flexibility index (Phi) is 5.75. The van der Waals surface area contributed by atoms with Gasteiger partial charge in [-0.05, 0) is 47.5 Å². The van der Waals surface area contributed by atoms with E-state index in [-0.39, 0.29) is 11.3 Å². The molecule has 11 nitrogen and oxygen atoms in total. The summed E-state index contributed by atoms with van der Waals surface area (Å²) >= 11 is 0. The van der Waals surface area contributed by atoms with Gasteiger partial charge in [-0.2, -0.15) is 10.4 Å². The van der Waals surface area contributed by atoms with Crippen molar-refractivity contribution in [3.05, 3.63) is 70.8 Å². The van der Waals surface area contributed by atoms with E-state index in [9.17, 15) is 19.6 Å². The molecule has 5 N–H and O–H groups in total. The molecule has 0 fully saturated rings. The second kappa shape index (κ2) is 8.68. The number of nitrogens with one attached hydrogen (secondary N) is 3. The Balaban J connectivity index is 2.13. The van der Waals surface area contributed by atoms with Crippen molar-refractivity contribution in [1.29, 1.82) is 5.26 Å². The van der Waals surface area contributed by atoms with Crippen LogP contribution in [0.1, 0.15) is 11.1 Å². The predicted molar refractivity (Wildman–Crippen MR) is 119 cm³/mol. The number of methoxy groups -OCH3 is 2. The first-order chi connectivity index (χ1) is 16.4. The molecular weight excluding hydrogens is 440 g/mol. The molecule has 0 aromatic heterocycles. The Morgan fingerprint density at radius 3 is 2.21 bits per heavy atom. The average Bonchev–Trinajstić information content (AvgIpc) is 2.88. The Hall–Kier alpha value is -4.69. The maximum Gasteiger partial charge on any atom is 0.264 e. The minimum atomic E-state index is -1.69. The molecule has 11 heteroatoms. The average molecular weight is 460 g/mol. The lowest BCUT2D eigenvalue weighted by Gasteiger charge is -2.47. The number of ether oxygens (including phenoxy) is 2. The molecule has 0 spiro atoms. The lowest BCUT2D eigenvalue weighted by atomic mass is 9.60. The van der Waals surface area contributed by atoms with Gasteiger partial charge in [-0.25, -0.2) is 11.3 Å². The van der Waals surface area contributed by atoms with Gasteiger partial charge >= 0.3 is 0 Å². The number of hydrazone groups is 1. The van der Waals surface area contributed by atoms with Gasteiger partial charge in [0.25, 0.3) is 17.7 Å². The van der Waals surface area contributed by atoms with Crippen molar-refractivity contribution in [1.82, 2.24) is 16.2 Å². The number of nitrogens with zero attached hydrogens (tertiary/aromatic N) is 2. The molecule has 34 heavy (non-hydrogen) atoms. The second-order valence-corrected chi connectivity index (χ2v) is 7.44. The minimum absolute atomic E-state index is 0.219. The molecule has 0 saturated carbocycles. The van der Waals surface area contributed by atoms with Gasteiger partial charge in [0.1, 0.15) is 34.6 Å². The highest BCUT2D eigenvalue weighted by Crippen LogP contribution is 2.45. The van der Waals surface area contributed by atoms with E-state index in [4.69, 9.17) is 15.3 Å². The molecule has 0 aliphatic carbocycles. The monoisotopic (exact) mass is 460 g/mol. The highest BCUT2D eigenvalue weighted by molar-refractivity contribution is 6.25. The smallest absolute Gasteiger partial charge is 0.264 e. The van der Waals surface area contributed by atoms with E-state index in [2.05, 4.69) is 15.8 Å². The SMILES string of the molecule is COc1ccc(C2=NNC(=O)[C@H]3NC(=O)C(C#N)=C(C(=O)NN)[C@@]23c2ccc(OC)cc2)cc1. The lowest BCUT2D eigenvalue weighted by Crippen LogP contribution is -2.69. The standard InChI is InChI=1S/C23H20N6O5/c1-33-14-7-3-12(4-8-14)18-23(13-5-9-15(34-2)10-6-13)17(21(31)27-25)16(11-24)20(30)26-19(23)22(32)29-28-18/h3-10,19H,25H2,1-2H3,(H,26,30)(H,27,31)(H,29,32)/t19-,23+/m1/s1. The number of fused-ring (bicyclic) bond motifs is 1. The van der Waals surface area contributed by atoms with Gasteiger partial charge in [0, 0.05) is 0 Å². The van der Waals surface area contributed by atoms with E-state index in [1.807, 2.05) is 5.43 Å². The van der Waals surface area contributed by atoms with Gasteiger partial charge in [0.05, 0.1) is 25.5 Å². The molecule has 2 heterocycles. The topological polar surface area (TPSA) is 168 Å². The van der Waals surface area contributed by atoms with Crippen molar-refractivity contribution < 1.29 is 23.9 Å². The van der Waals surface area contributed by atoms with Crippen molar-refractivity contribution in [3.8, 4) is 17.6 Å².